The molecule has 0 aromatic rings. The fraction of sp³-hybridized carbons (Fsp3) is 1.00. The van der Waals surface area contributed by atoms with Gasteiger partial charge in [-0.05, 0) is 51.4 Å². The molecule has 2 atom stereocenters. The molecule has 1 heterocycles. The van der Waals surface area contributed by atoms with Gasteiger partial charge in [-0.25, -0.2) is 0 Å². The maximum atomic E-state index is 9.61. The molecule has 2 aliphatic rings. The molecule has 0 aromatic carbocycles. The predicted octanol–water partition coefficient (Wildman–Crippen LogP) is 3.20. The molecule has 0 aromatic heterocycles. The fourth-order valence-electron chi connectivity index (χ4n) is 3.08. The van der Waals surface area contributed by atoms with Crippen molar-refractivity contribution in [3.8, 4) is 0 Å². The van der Waals surface area contributed by atoms with Crippen LogP contribution in [-0.2, 0) is 0 Å². The van der Waals surface area contributed by atoms with E-state index in [1.54, 1.807) is 0 Å². The van der Waals surface area contributed by atoms with Gasteiger partial charge in [-0.3, -0.25) is 0 Å². The summed E-state index contributed by atoms with van der Waals surface area (Å²) >= 11 is 12.3. The average Bonchev–Trinajstić information content (AvgIpc) is 2.25. The van der Waals surface area contributed by atoms with E-state index in [1.165, 1.54) is 0 Å². The molecule has 1 N–H and O–H groups in total. The van der Waals surface area contributed by atoms with Crippen molar-refractivity contribution in [3.63, 3.8) is 0 Å². The third kappa shape index (κ3) is 3.99. The highest BCUT2D eigenvalue weighted by Gasteiger charge is 2.33. The van der Waals surface area contributed by atoms with Gasteiger partial charge in [0.1, 0.15) is 4.33 Å². The Hall–Kier alpha value is 0.500. The smallest absolute Gasteiger partial charge is 0.118 e. The molecule has 0 bridgehead atoms. The molecule has 1 aliphatic heterocycles. The SMILES string of the molecule is CC1CC(O)CCN1CC1CCC(Cl)(Cl)CC1. The first-order chi connectivity index (χ1) is 7.96. The second-order valence-electron chi connectivity index (χ2n) is 5.82. The average molecular weight is 280 g/mol. The van der Waals surface area contributed by atoms with Crippen LogP contribution in [0.4, 0.5) is 0 Å². The molecule has 1 saturated carbocycles. The molecule has 2 nitrogen and oxygen atoms in total. The summed E-state index contributed by atoms with van der Waals surface area (Å²) in [6.45, 7) is 4.40. The van der Waals surface area contributed by atoms with Crippen LogP contribution >= 0.6 is 23.2 Å². The molecule has 17 heavy (non-hydrogen) atoms. The van der Waals surface area contributed by atoms with Crippen LogP contribution in [0.15, 0.2) is 0 Å². The van der Waals surface area contributed by atoms with Crippen molar-refractivity contribution in [2.24, 2.45) is 5.92 Å². The van der Waals surface area contributed by atoms with E-state index in [2.05, 4.69) is 11.8 Å². The lowest BCUT2D eigenvalue weighted by Gasteiger charge is -2.40. The first kappa shape index (κ1) is 13.9. The van der Waals surface area contributed by atoms with Crippen LogP contribution in [0.1, 0.15) is 45.4 Å². The van der Waals surface area contributed by atoms with Gasteiger partial charge in [0.15, 0.2) is 0 Å². The van der Waals surface area contributed by atoms with Crippen molar-refractivity contribution in [2.45, 2.75) is 61.9 Å². The van der Waals surface area contributed by atoms with Crippen LogP contribution in [0.3, 0.4) is 0 Å². The summed E-state index contributed by atoms with van der Waals surface area (Å²) in [6.07, 6.45) is 5.87. The number of rotatable bonds is 2. The van der Waals surface area contributed by atoms with E-state index in [0.717, 1.165) is 57.5 Å². The zero-order valence-electron chi connectivity index (χ0n) is 10.5. The second-order valence-corrected chi connectivity index (χ2v) is 7.46. The Morgan fingerprint density at radius 2 is 1.88 bits per heavy atom. The van der Waals surface area contributed by atoms with Gasteiger partial charge in [0.2, 0.25) is 0 Å². The van der Waals surface area contributed by atoms with E-state index in [4.69, 9.17) is 23.2 Å². The fourth-order valence-corrected chi connectivity index (χ4v) is 3.52. The maximum absolute atomic E-state index is 9.61. The number of alkyl halides is 2. The summed E-state index contributed by atoms with van der Waals surface area (Å²) in [5, 5.41) is 9.61. The zero-order chi connectivity index (χ0) is 12.5. The van der Waals surface area contributed by atoms with Gasteiger partial charge in [0.25, 0.3) is 0 Å². The molecule has 1 aliphatic carbocycles. The highest BCUT2D eigenvalue weighted by atomic mass is 35.5. The van der Waals surface area contributed by atoms with Crippen molar-refractivity contribution >= 4 is 23.2 Å². The summed E-state index contributed by atoms with van der Waals surface area (Å²) in [7, 11) is 0. The lowest BCUT2D eigenvalue weighted by Crippen LogP contribution is -2.45. The topological polar surface area (TPSA) is 23.5 Å². The minimum Gasteiger partial charge on any atom is -0.393 e. The van der Waals surface area contributed by atoms with Gasteiger partial charge in [0.05, 0.1) is 6.10 Å². The first-order valence-electron chi connectivity index (χ1n) is 6.76. The van der Waals surface area contributed by atoms with Crippen molar-refractivity contribution < 1.29 is 5.11 Å². The molecular weight excluding hydrogens is 257 g/mol. The summed E-state index contributed by atoms with van der Waals surface area (Å²) in [6, 6.07) is 0.512. The van der Waals surface area contributed by atoms with Gasteiger partial charge in [-0.15, -0.1) is 23.2 Å². The van der Waals surface area contributed by atoms with Crippen LogP contribution in [0.5, 0.6) is 0 Å². The van der Waals surface area contributed by atoms with E-state index >= 15 is 0 Å². The monoisotopic (exact) mass is 279 g/mol. The first-order valence-corrected chi connectivity index (χ1v) is 7.52. The third-order valence-corrected chi connectivity index (χ3v) is 5.07. The number of piperidine rings is 1. The Labute approximate surface area is 114 Å². The van der Waals surface area contributed by atoms with Crippen LogP contribution in [0.2, 0.25) is 0 Å². The van der Waals surface area contributed by atoms with E-state index in [-0.39, 0.29) is 6.10 Å². The molecule has 0 amide bonds. The molecule has 0 spiro atoms. The molecule has 4 heteroatoms. The van der Waals surface area contributed by atoms with E-state index in [9.17, 15) is 5.11 Å². The van der Waals surface area contributed by atoms with Crippen molar-refractivity contribution in [1.29, 1.82) is 0 Å². The van der Waals surface area contributed by atoms with Crippen molar-refractivity contribution in [1.82, 2.24) is 4.90 Å². The Morgan fingerprint density at radius 1 is 1.24 bits per heavy atom. The number of aliphatic hydroxyl groups is 1. The Kier molecular flexibility index (Phi) is 4.62. The molecule has 2 rings (SSSR count). The predicted molar refractivity (Wildman–Crippen MR) is 72.7 cm³/mol. The minimum absolute atomic E-state index is 0.0917. The molecule has 100 valence electrons. The van der Waals surface area contributed by atoms with Crippen LogP contribution in [-0.4, -0.2) is 39.6 Å². The molecule has 2 fully saturated rings. The lowest BCUT2D eigenvalue weighted by atomic mass is 9.87. The van der Waals surface area contributed by atoms with E-state index < -0.39 is 4.33 Å². The van der Waals surface area contributed by atoms with Crippen LogP contribution in [0, 0.1) is 5.92 Å². The van der Waals surface area contributed by atoms with Gasteiger partial charge in [-0.2, -0.15) is 0 Å². The number of halogens is 2. The normalized spacial score (nSPS) is 36.0. The van der Waals surface area contributed by atoms with Gasteiger partial charge >= 0.3 is 0 Å². The molecule has 2 unspecified atom stereocenters. The summed E-state index contributed by atoms with van der Waals surface area (Å²) in [4.78, 5) is 2.52. The van der Waals surface area contributed by atoms with E-state index in [1.807, 2.05) is 0 Å². The zero-order valence-corrected chi connectivity index (χ0v) is 12.1. The second kappa shape index (κ2) is 5.64. The molecular formula is C13H23Cl2NO. The third-order valence-electron chi connectivity index (χ3n) is 4.32. The Balaban J connectivity index is 1.78. The quantitative estimate of drug-likeness (QED) is 0.785. The summed E-state index contributed by atoms with van der Waals surface area (Å²) in [5.74, 6) is 0.735. The number of likely N-dealkylation sites (tertiary alicyclic amines) is 1. The van der Waals surface area contributed by atoms with Gasteiger partial charge < -0.3 is 10.0 Å². The number of aliphatic hydroxyl groups excluding tert-OH is 1. The largest absolute Gasteiger partial charge is 0.393 e. The van der Waals surface area contributed by atoms with Gasteiger partial charge in [0, 0.05) is 19.1 Å². The summed E-state index contributed by atoms with van der Waals surface area (Å²) < 4.78 is -0.472. The van der Waals surface area contributed by atoms with Crippen LogP contribution < -0.4 is 0 Å². The molecule has 1 saturated heterocycles. The standard InChI is InChI=1S/C13H23Cl2NO/c1-10-8-12(17)4-7-16(10)9-11-2-5-13(14,15)6-3-11/h10-12,17H,2-9H2,1H3. The minimum atomic E-state index is -0.472. The highest BCUT2D eigenvalue weighted by molar-refractivity contribution is 6.48. The Morgan fingerprint density at radius 3 is 2.47 bits per heavy atom. The number of nitrogens with zero attached hydrogens (tertiary/aromatic N) is 1. The highest BCUT2D eigenvalue weighted by Crippen LogP contribution is 2.40. The van der Waals surface area contributed by atoms with Gasteiger partial charge in [-0.1, -0.05) is 0 Å². The summed E-state index contributed by atoms with van der Waals surface area (Å²) in [5.41, 5.74) is 0. The van der Waals surface area contributed by atoms with Crippen molar-refractivity contribution in [3.05, 3.63) is 0 Å². The Bertz CT molecular complexity index is 250. The van der Waals surface area contributed by atoms with Crippen molar-refractivity contribution in [2.75, 3.05) is 13.1 Å². The molecule has 0 radical (unpaired) electrons. The van der Waals surface area contributed by atoms with Crippen LogP contribution in [0.25, 0.3) is 0 Å². The number of hydrogen-bond acceptors (Lipinski definition) is 2. The maximum Gasteiger partial charge on any atom is 0.118 e. The number of hydrogen-bond donors (Lipinski definition) is 1. The van der Waals surface area contributed by atoms with E-state index in [0.29, 0.717) is 6.04 Å². The lowest BCUT2D eigenvalue weighted by molar-refractivity contribution is 0.0362.